The van der Waals surface area contributed by atoms with E-state index in [1.54, 1.807) is 80.8 Å². The Labute approximate surface area is 237 Å². The highest BCUT2D eigenvalue weighted by Crippen LogP contribution is 2.34. The summed E-state index contributed by atoms with van der Waals surface area (Å²) in [6.07, 6.45) is 3.67. The third kappa shape index (κ3) is 9.80. The van der Waals surface area contributed by atoms with Crippen LogP contribution >= 0.6 is 0 Å². The van der Waals surface area contributed by atoms with E-state index in [-0.39, 0.29) is 17.6 Å². The zero-order chi connectivity index (χ0) is 30.5. The topological polar surface area (TPSA) is 148 Å². The first-order valence-electron chi connectivity index (χ1n) is 13.4. The van der Waals surface area contributed by atoms with Crippen molar-refractivity contribution in [3.63, 3.8) is 0 Å². The van der Waals surface area contributed by atoms with Gasteiger partial charge in [-0.15, -0.1) is 0 Å². The molecule has 2 rings (SSSR count). The minimum absolute atomic E-state index is 0.0117. The van der Waals surface area contributed by atoms with Crippen LogP contribution in [-0.4, -0.2) is 65.2 Å². The number of hydrogen-bond donors (Lipinski definition) is 3. The van der Waals surface area contributed by atoms with Crippen molar-refractivity contribution in [2.75, 3.05) is 22.9 Å². The fourth-order valence-corrected chi connectivity index (χ4v) is 4.23. The number of carbonyl (C=O) groups is 3. The van der Waals surface area contributed by atoms with Crippen LogP contribution in [0.2, 0.25) is 0 Å². The number of ether oxygens (including phenoxy) is 3. The fraction of sp³-hybridized carbons (Fsp3) is 0.643. The predicted molar refractivity (Wildman–Crippen MR) is 154 cm³/mol. The van der Waals surface area contributed by atoms with Crippen molar-refractivity contribution >= 4 is 29.7 Å². The molecule has 1 aliphatic rings. The number of rotatable bonds is 5. The predicted octanol–water partition coefficient (Wildman–Crippen LogP) is 4.50. The summed E-state index contributed by atoms with van der Waals surface area (Å²) in [6.45, 7) is 18.5. The number of amides is 3. The molecular formula is C28H46N6O6. The van der Waals surface area contributed by atoms with Gasteiger partial charge in [0.1, 0.15) is 22.5 Å². The zero-order valence-electron chi connectivity index (χ0n) is 25.4. The van der Waals surface area contributed by atoms with Crippen molar-refractivity contribution in [1.29, 1.82) is 0 Å². The highest BCUT2D eigenvalue weighted by atomic mass is 16.6. The lowest BCUT2D eigenvalue weighted by Crippen LogP contribution is -2.63. The number of nitrogens with zero attached hydrogens (tertiary/aromatic N) is 3. The number of alkyl carbamates (subject to hydrolysis) is 1. The molecule has 2 heterocycles. The van der Waals surface area contributed by atoms with Crippen LogP contribution in [0.3, 0.4) is 0 Å². The molecule has 3 amide bonds. The van der Waals surface area contributed by atoms with E-state index < -0.39 is 41.1 Å². The summed E-state index contributed by atoms with van der Waals surface area (Å²) in [6, 6.07) is 1.11. The Morgan fingerprint density at radius 2 is 1.52 bits per heavy atom. The molecule has 0 aromatic carbocycles. The minimum atomic E-state index is -0.892. The monoisotopic (exact) mass is 562 g/mol. The van der Waals surface area contributed by atoms with E-state index in [1.807, 2.05) is 11.8 Å². The van der Waals surface area contributed by atoms with E-state index >= 15 is 0 Å². The summed E-state index contributed by atoms with van der Waals surface area (Å²) in [5, 5.41) is 6.23. The number of carbonyl (C=O) groups excluding carboxylic acids is 3. The van der Waals surface area contributed by atoms with Crippen molar-refractivity contribution in [3.8, 4) is 0 Å². The molecule has 0 unspecified atom stereocenters. The van der Waals surface area contributed by atoms with Gasteiger partial charge in [0.25, 0.3) is 0 Å². The van der Waals surface area contributed by atoms with Crippen LogP contribution in [0, 0.1) is 5.92 Å². The number of imide groups is 1. The highest BCUT2D eigenvalue weighted by molar-refractivity contribution is 6.11. The molecule has 0 saturated carbocycles. The molecule has 1 fully saturated rings. The second-order valence-electron chi connectivity index (χ2n) is 12.8. The maximum absolute atomic E-state index is 13.4. The van der Waals surface area contributed by atoms with E-state index in [9.17, 15) is 14.4 Å². The highest BCUT2D eigenvalue weighted by Gasteiger charge is 2.39. The molecule has 40 heavy (non-hydrogen) atoms. The second kappa shape index (κ2) is 12.6. The lowest BCUT2D eigenvalue weighted by Gasteiger charge is -2.44. The molecule has 224 valence electrons. The molecule has 12 nitrogen and oxygen atoms in total. The number of piperidine rings is 1. The molecule has 4 N–H and O–H groups in total. The summed E-state index contributed by atoms with van der Waals surface area (Å²) in [5.74, 6) is -0.0117. The van der Waals surface area contributed by atoms with Gasteiger partial charge in [-0.25, -0.2) is 14.4 Å². The van der Waals surface area contributed by atoms with E-state index in [4.69, 9.17) is 19.9 Å². The van der Waals surface area contributed by atoms with Crippen LogP contribution in [0.1, 0.15) is 69.2 Å². The molecule has 1 aliphatic heterocycles. The summed E-state index contributed by atoms with van der Waals surface area (Å²) < 4.78 is 16.7. The molecule has 0 spiro atoms. The molecular weight excluding hydrogens is 516 g/mol. The molecule has 12 heteroatoms. The standard InChI is InChI=1S/C28H46N6O6/c1-18-16-33(17-19(22(18)31-14-12-29)32-23(35)38-26(2,3)4)20-11-13-30-15-21(20)34(24(36)39-27(5,6)7)25(37)40-28(8,9)10/h11-15,18-19,22,31H,16-17,29H2,1-10H3,(H,32,35)/b14-12-/t18-,19+,22-/m0/s1. The maximum Gasteiger partial charge on any atom is 0.424 e. The normalized spacial score (nSPS) is 20.1. The van der Waals surface area contributed by atoms with Gasteiger partial charge in [0, 0.05) is 31.7 Å². The Bertz CT molecular complexity index is 1040. The molecule has 1 aromatic heterocycles. The zero-order valence-corrected chi connectivity index (χ0v) is 25.4. The summed E-state index contributed by atoms with van der Waals surface area (Å²) in [7, 11) is 0. The minimum Gasteiger partial charge on any atom is -0.444 e. The van der Waals surface area contributed by atoms with E-state index in [1.165, 1.54) is 12.4 Å². The average molecular weight is 563 g/mol. The number of anilines is 2. The van der Waals surface area contributed by atoms with Crippen molar-refractivity contribution in [3.05, 3.63) is 30.9 Å². The third-order valence-corrected chi connectivity index (χ3v) is 5.57. The summed E-state index contributed by atoms with van der Waals surface area (Å²) in [5.41, 5.74) is 3.91. The Morgan fingerprint density at radius 3 is 2.02 bits per heavy atom. The summed E-state index contributed by atoms with van der Waals surface area (Å²) >= 11 is 0. The van der Waals surface area contributed by atoms with Gasteiger partial charge >= 0.3 is 18.3 Å². The van der Waals surface area contributed by atoms with Gasteiger partial charge in [-0.1, -0.05) is 6.92 Å². The molecule has 1 aromatic rings. The first-order chi connectivity index (χ1) is 18.3. The first-order valence-corrected chi connectivity index (χ1v) is 13.4. The number of hydrogen-bond acceptors (Lipinski definition) is 10. The smallest absolute Gasteiger partial charge is 0.424 e. The van der Waals surface area contributed by atoms with Gasteiger partial charge in [0.15, 0.2) is 0 Å². The Hall–Kier alpha value is -3.70. The number of nitrogens with two attached hydrogens (primary N) is 1. The van der Waals surface area contributed by atoms with Gasteiger partial charge in [-0.2, -0.15) is 4.90 Å². The van der Waals surface area contributed by atoms with E-state index in [0.717, 1.165) is 4.90 Å². The lowest BCUT2D eigenvalue weighted by molar-refractivity contribution is 0.0427. The number of nitrogens with one attached hydrogen (secondary N) is 2. The van der Waals surface area contributed by atoms with Crippen molar-refractivity contribution in [2.24, 2.45) is 11.7 Å². The Morgan fingerprint density at radius 1 is 0.975 bits per heavy atom. The van der Waals surface area contributed by atoms with Crippen molar-refractivity contribution < 1.29 is 28.6 Å². The Balaban J connectivity index is 2.52. The van der Waals surface area contributed by atoms with Crippen molar-refractivity contribution in [1.82, 2.24) is 15.6 Å². The lowest BCUT2D eigenvalue weighted by atomic mass is 9.89. The maximum atomic E-state index is 13.4. The second-order valence-corrected chi connectivity index (χ2v) is 12.8. The Kier molecular flexibility index (Phi) is 10.3. The molecule has 0 aliphatic carbocycles. The SMILES string of the molecule is C[C@H]1CN(c2ccncc2N(C(=O)OC(C)(C)C)C(=O)OC(C)(C)C)C[C@@H](NC(=O)OC(C)(C)C)[C@H]1N/C=C\N. The van der Waals surface area contributed by atoms with E-state index in [0.29, 0.717) is 18.8 Å². The van der Waals surface area contributed by atoms with Crippen LogP contribution in [0.5, 0.6) is 0 Å². The molecule has 0 bridgehead atoms. The van der Waals surface area contributed by atoms with Gasteiger partial charge in [-0.3, -0.25) is 4.98 Å². The largest absolute Gasteiger partial charge is 0.444 e. The molecule has 3 atom stereocenters. The van der Waals surface area contributed by atoms with Crippen LogP contribution in [-0.2, 0) is 14.2 Å². The fourth-order valence-electron chi connectivity index (χ4n) is 4.23. The average Bonchev–Trinajstić information content (AvgIpc) is 2.75. The van der Waals surface area contributed by atoms with Gasteiger partial charge in [0.05, 0.1) is 24.0 Å². The van der Waals surface area contributed by atoms with Gasteiger partial charge < -0.3 is 35.5 Å². The van der Waals surface area contributed by atoms with Crippen LogP contribution in [0.4, 0.5) is 25.8 Å². The first kappa shape index (κ1) is 32.5. The van der Waals surface area contributed by atoms with Crippen LogP contribution in [0.15, 0.2) is 30.9 Å². The third-order valence-electron chi connectivity index (χ3n) is 5.57. The van der Waals surface area contributed by atoms with Gasteiger partial charge in [0.2, 0.25) is 0 Å². The van der Waals surface area contributed by atoms with E-state index in [2.05, 4.69) is 15.6 Å². The van der Waals surface area contributed by atoms with Gasteiger partial charge in [-0.05, 0) is 74.3 Å². The summed E-state index contributed by atoms with van der Waals surface area (Å²) in [4.78, 5) is 46.5. The van der Waals surface area contributed by atoms with Crippen LogP contribution in [0.25, 0.3) is 0 Å². The number of pyridine rings is 1. The van der Waals surface area contributed by atoms with Crippen molar-refractivity contribution in [2.45, 2.75) is 98.1 Å². The molecule has 0 radical (unpaired) electrons. The number of aromatic nitrogens is 1. The van der Waals surface area contributed by atoms with Crippen LogP contribution < -0.4 is 26.2 Å². The quantitative estimate of drug-likeness (QED) is 0.438. The molecule has 1 saturated heterocycles.